The third-order valence-electron chi connectivity index (χ3n) is 1.36. The van der Waals surface area contributed by atoms with Gasteiger partial charge >= 0.3 is 0 Å². The second-order valence-electron chi connectivity index (χ2n) is 2.36. The summed E-state index contributed by atoms with van der Waals surface area (Å²) in [6, 6.07) is 3.63. The molecule has 0 bridgehead atoms. The van der Waals surface area contributed by atoms with Gasteiger partial charge in [0.25, 0.3) is 0 Å². The molecule has 0 aliphatic carbocycles. The number of halogens is 2. The topological polar surface area (TPSA) is 17.1 Å². The van der Waals surface area contributed by atoms with Gasteiger partial charge in [-0.15, -0.1) is 0 Å². The van der Waals surface area contributed by atoms with Gasteiger partial charge < -0.3 is 0 Å². The molecule has 3 heteroatoms. The van der Waals surface area contributed by atoms with Crippen LogP contribution < -0.4 is 0 Å². The van der Waals surface area contributed by atoms with Gasteiger partial charge in [0.05, 0.1) is 0 Å². The average molecular weight is 197 g/mol. The fraction of sp³-hybridized carbons (Fsp3) is 0.100. The van der Waals surface area contributed by atoms with Gasteiger partial charge in [-0.2, -0.15) is 0 Å². The lowest BCUT2D eigenvalue weighted by Gasteiger charge is -1.95. The molecular weight excluding hydrogens is 191 g/mol. The molecule has 1 rings (SSSR count). The van der Waals surface area contributed by atoms with E-state index in [2.05, 4.69) is 11.8 Å². The average Bonchev–Trinajstić information content (AvgIpc) is 2.03. The number of rotatable bonds is 1. The van der Waals surface area contributed by atoms with Crippen LogP contribution in [-0.2, 0) is 0 Å². The molecule has 0 aliphatic heterocycles. The Morgan fingerprint density at radius 1 is 1.46 bits per heavy atom. The molecule has 0 radical (unpaired) electrons. The van der Waals surface area contributed by atoms with E-state index in [4.69, 9.17) is 11.6 Å². The maximum Gasteiger partial charge on any atom is 0.236 e. The van der Waals surface area contributed by atoms with E-state index in [1.165, 1.54) is 6.07 Å². The summed E-state index contributed by atoms with van der Waals surface area (Å²) in [5.74, 6) is 3.78. The molecule has 0 heterocycles. The van der Waals surface area contributed by atoms with Gasteiger partial charge in [-0.1, -0.05) is 17.5 Å². The quantitative estimate of drug-likeness (QED) is 0.384. The summed E-state index contributed by atoms with van der Waals surface area (Å²) in [5.41, 5.74) is 0.180. The number of hydrogen-bond donors (Lipinski definition) is 0. The third kappa shape index (κ3) is 2.57. The second kappa shape index (κ2) is 4.06. The van der Waals surface area contributed by atoms with Crippen LogP contribution in [0.1, 0.15) is 17.3 Å². The first-order chi connectivity index (χ1) is 6.13. The Morgan fingerprint density at radius 2 is 2.15 bits per heavy atom. The molecular formula is C10H6ClFO. The number of hydrogen-bond acceptors (Lipinski definition) is 1. The molecule has 1 aromatic rings. The van der Waals surface area contributed by atoms with Crippen molar-refractivity contribution in [2.45, 2.75) is 6.92 Å². The van der Waals surface area contributed by atoms with Crippen LogP contribution in [0.15, 0.2) is 18.2 Å². The van der Waals surface area contributed by atoms with Gasteiger partial charge in [0, 0.05) is 10.6 Å². The maximum atomic E-state index is 12.7. The Kier molecular flexibility index (Phi) is 3.05. The Balaban J connectivity index is 3.13. The van der Waals surface area contributed by atoms with Crippen molar-refractivity contribution in [3.05, 3.63) is 34.6 Å². The van der Waals surface area contributed by atoms with Crippen molar-refractivity contribution in [2.75, 3.05) is 0 Å². The summed E-state index contributed by atoms with van der Waals surface area (Å²) in [7, 11) is 0. The summed E-state index contributed by atoms with van der Waals surface area (Å²) in [6.07, 6.45) is 0. The molecule has 0 saturated carbocycles. The minimum atomic E-state index is -0.534. The van der Waals surface area contributed by atoms with Crippen LogP contribution in [0.4, 0.5) is 4.39 Å². The molecule has 13 heavy (non-hydrogen) atoms. The van der Waals surface area contributed by atoms with E-state index in [0.29, 0.717) is 0 Å². The Morgan fingerprint density at radius 3 is 2.69 bits per heavy atom. The first-order valence-corrected chi connectivity index (χ1v) is 3.94. The van der Waals surface area contributed by atoms with Gasteiger partial charge in [0.2, 0.25) is 5.78 Å². The van der Waals surface area contributed by atoms with E-state index < -0.39 is 11.6 Å². The highest BCUT2D eigenvalue weighted by Gasteiger charge is 2.05. The fourth-order valence-corrected chi connectivity index (χ4v) is 1.09. The maximum absolute atomic E-state index is 12.7. The molecule has 0 aromatic heterocycles. The van der Waals surface area contributed by atoms with Crippen molar-refractivity contribution in [1.29, 1.82) is 0 Å². The van der Waals surface area contributed by atoms with E-state index in [9.17, 15) is 9.18 Å². The lowest BCUT2D eigenvalue weighted by Crippen LogP contribution is -1.95. The van der Waals surface area contributed by atoms with Gasteiger partial charge in [0.15, 0.2) is 0 Å². The van der Waals surface area contributed by atoms with Crippen molar-refractivity contribution in [1.82, 2.24) is 0 Å². The zero-order valence-electron chi connectivity index (χ0n) is 6.90. The predicted molar refractivity (Wildman–Crippen MR) is 49.2 cm³/mol. The normalized spacial score (nSPS) is 8.85. The van der Waals surface area contributed by atoms with Crippen molar-refractivity contribution >= 4 is 17.4 Å². The molecule has 0 N–H and O–H groups in total. The van der Waals surface area contributed by atoms with Gasteiger partial charge in [-0.25, -0.2) is 4.39 Å². The predicted octanol–water partition coefficient (Wildman–Crippen LogP) is 2.69. The smallest absolute Gasteiger partial charge is 0.236 e. The number of carbonyl (C=O) groups excluding carboxylic acids is 1. The number of benzene rings is 1. The molecule has 0 saturated heterocycles. The molecule has 1 aromatic carbocycles. The van der Waals surface area contributed by atoms with Crippen LogP contribution in [0.5, 0.6) is 0 Å². The summed E-state index contributed by atoms with van der Waals surface area (Å²) in [4.78, 5) is 11.2. The van der Waals surface area contributed by atoms with Gasteiger partial charge in [0.1, 0.15) is 5.82 Å². The second-order valence-corrected chi connectivity index (χ2v) is 2.80. The standard InChI is InChI=1S/C10H6ClFO/c1-2-3-10(13)7-4-8(11)6-9(12)5-7/h4-6H,1H3. The van der Waals surface area contributed by atoms with Crippen LogP contribution in [-0.4, -0.2) is 5.78 Å². The van der Waals surface area contributed by atoms with Crippen molar-refractivity contribution in [3.8, 4) is 11.8 Å². The van der Waals surface area contributed by atoms with Crippen LogP contribution in [0.2, 0.25) is 5.02 Å². The largest absolute Gasteiger partial charge is 0.279 e. The lowest BCUT2D eigenvalue weighted by atomic mass is 10.1. The highest BCUT2D eigenvalue weighted by molar-refractivity contribution is 6.31. The van der Waals surface area contributed by atoms with E-state index in [1.807, 2.05) is 0 Å². The Labute approximate surface area is 80.5 Å². The van der Waals surface area contributed by atoms with Crippen LogP contribution in [0.3, 0.4) is 0 Å². The zero-order valence-corrected chi connectivity index (χ0v) is 7.65. The minimum Gasteiger partial charge on any atom is -0.279 e. The lowest BCUT2D eigenvalue weighted by molar-refractivity contribution is 0.105. The molecule has 0 aliphatic rings. The first-order valence-electron chi connectivity index (χ1n) is 3.56. The number of ketones is 1. The van der Waals surface area contributed by atoms with Gasteiger partial charge in [-0.3, -0.25) is 4.79 Å². The Bertz CT molecular complexity index is 381. The highest BCUT2D eigenvalue weighted by atomic mass is 35.5. The zero-order chi connectivity index (χ0) is 9.84. The van der Waals surface area contributed by atoms with Crippen molar-refractivity contribution in [3.63, 3.8) is 0 Å². The summed E-state index contributed by atoms with van der Waals surface area (Å²) >= 11 is 5.55. The molecule has 1 nitrogen and oxygen atoms in total. The molecule has 0 atom stereocenters. The third-order valence-corrected chi connectivity index (χ3v) is 1.58. The molecule has 0 fully saturated rings. The first kappa shape index (κ1) is 9.76. The minimum absolute atomic E-state index is 0.180. The SMILES string of the molecule is CC#CC(=O)c1cc(F)cc(Cl)c1. The van der Waals surface area contributed by atoms with Crippen LogP contribution in [0.25, 0.3) is 0 Å². The summed E-state index contributed by atoms with van der Waals surface area (Å²) < 4.78 is 12.7. The molecule has 66 valence electrons. The van der Waals surface area contributed by atoms with Crippen molar-refractivity contribution < 1.29 is 9.18 Å². The highest BCUT2D eigenvalue weighted by Crippen LogP contribution is 2.14. The molecule has 0 unspecified atom stereocenters. The number of carbonyl (C=O) groups is 1. The van der Waals surface area contributed by atoms with E-state index in [1.54, 1.807) is 6.92 Å². The summed E-state index contributed by atoms with van der Waals surface area (Å²) in [6.45, 7) is 1.54. The van der Waals surface area contributed by atoms with Crippen LogP contribution >= 0.6 is 11.6 Å². The molecule has 0 amide bonds. The Hall–Kier alpha value is -1.33. The monoisotopic (exact) mass is 196 g/mol. The fourth-order valence-electron chi connectivity index (χ4n) is 0.871. The van der Waals surface area contributed by atoms with E-state index in [-0.39, 0.29) is 10.6 Å². The molecule has 0 spiro atoms. The van der Waals surface area contributed by atoms with Crippen molar-refractivity contribution in [2.24, 2.45) is 0 Å². The van der Waals surface area contributed by atoms with Gasteiger partial charge in [-0.05, 0) is 31.0 Å². The summed E-state index contributed by atoms with van der Waals surface area (Å²) in [5, 5.41) is 0.196. The van der Waals surface area contributed by atoms with E-state index >= 15 is 0 Å². The number of Topliss-reactive ketones (excluding diaryl/α,β-unsaturated/α-hetero) is 1. The van der Waals surface area contributed by atoms with Crippen LogP contribution in [0, 0.1) is 17.7 Å². The van der Waals surface area contributed by atoms with E-state index in [0.717, 1.165) is 12.1 Å².